The van der Waals surface area contributed by atoms with Crippen molar-refractivity contribution in [3.63, 3.8) is 0 Å². The third-order valence-corrected chi connectivity index (χ3v) is 3.14. The lowest BCUT2D eigenvalue weighted by Gasteiger charge is -2.07. The molecule has 0 saturated carbocycles. The first-order chi connectivity index (χ1) is 11.0. The molecule has 2 rings (SSSR count). The van der Waals surface area contributed by atoms with Crippen molar-refractivity contribution in [3.05, 3.63) is 65.5 Å². The lowest BCUT2D eigenvalue weighted by molar-refractivity contribution is -0.120. The zero-order chi connectivity index (χ0) is 16.7. The van der Waals surface area contributed by atoms with E-state index < -0.39 is 6.61 Å². The predicted molar refractivity (Wildman–Crippen MR) is 79.9 cm³/mol. The molecule has 0 aliphatic heterocycles. The summed E-state index contributed by atoms with van der Waals surface area (Å²) in [6.07, 6.45) is 0.669. The van der Waals surface area contributed by atoms with Crippen LogP contribution in [0.3, 0.4) is 0 Å². The standard InChI is InChI=1S/C17H16F3NO2/c18-14-3-1-2-13(10-14)11-16(22)21-9-8-12-4-6-15(7-5-12)23-17(19)20/h1-7,10,17H,8-9,11H2,(H,21,22). The first-order valence-electron chi connectivity index (χ1n) is 7.08. The number of carbonyl (C=O) groups is 1. The Labute approximate surface area is 132 Å². The van der Waals surface area contributed by atoms with Crippen molar-refractivity contribution in [2.45, 2.75) is 19.5 Å². The number of halogens is 3. The SMILES string of the molecule is O=C(Cc1cccc(F)c1)NCCc1ccc(OC(F)F)cc1. The number of nitrogens with one attached hydrogen (secondary N) is 1. The summed E-state index contributed by atoms with van der Waals surface area (Å²) in [5.74, 6) is -0.478. The summed E-state index contributed by atoms with van der Waals surface area (Å²) in [6.45, 7) is -2.44. The zero-order valence-corrected chi connectivity index (χ0v) is 12.3. The maximum absolute atomic E-state index is 13.0. The van der Waals surface area contributed by atoms with Crippen molar-refractivity contribution in [1.29, 1.82) is 0 Å². The maximum atomic E-state index is 13.0. The van der Waals surface area contributed by atoms with Crippen LogP contribution in [0.1, 0.15) is 11.1 Å². The van der Waals surface area contributed by atoms with Gasteiger partial charge in [-0.3, -0.25) is 4.79 Å². The van der Waals surface area contributed by atoms with E-state index in [0.29, 0.717) is 18.5 Å². The van der Waals surface area contributed by atoms with E-state index in [2.05, 4.69) is 10.1 Å². The largest absolute Gasteiger partial charge is 0.435 e. The molecular weight excluding hydrogens is 307 g/mol. The maximum Gasteiger partial charge on any atom is 0.387 e. The molecular formula is C17H16F3NO2. The van der Waals surface area contributed by atoms with Gasteiger partial charge in [-0.15, -0.1) is 0 Å². The highest BCUT2D eigenvalue weighted by Gasteiger charge is 2.05. The monoisotopic (exact) mass is 323 g/mol. The van der Waals surface area contributed by atoms with Gasteiger partial charge in [0, 0.05) is 6.54 Å². The number of rotatable bonds is 7. The smallest absolute Gasteiger partial charge is 0.387 e. The van der Waals surface area contributed by atoms with Crippen molar-refractivity contribution in [2.24, 2.45) is 0 Å². The van der Waals surface area contributed by atoms with E-state index in [0.717, 1.165) is 5.56 Å². The molecule has 0 saturated heterocycles. The number of hydrogen-bond donors (Lipinski definition) is 1. The number of ether oxygens (including phenoxy) is 1. The molecule has 1 N–H and O–H groups in total. The lowest BCUT2D eigenvalue weighted by atomic mass is 10.1. The third kappa shape index (κ3) is 6.02. The molecule has 0 heterocycles. The van der Waals surface area contributed by atoms with Crippen LogP contribution >= 0.6 is 0 Å². The molecule has 122 valence electrons. The molecule has 2 aromatic rings. The average molecular weight is 323 g/mol. The van der Waals surface area contributed by atoms with Crippen LogP contribution in [0.2, 0.25) is 0 Å². The van der Waals surface area contributed by atoms with Crippen molar-refractivity contribution >= 4 is 5.91 Å². The molecule has 0 aliphatic carbocycles. The predicted octanol–water partition coefficient (Wildman–Crippen LogP) is 3.33. The van der Waals surface area contributed by atoms with Crippen LogP contribution in [-0.4, -0.2) is 19.1 Å². The molecule has 0 aliphatic rings. The summed E-state index contributed by atoms with van der Waals surface area (Å²) in [4.78, 5) is 11.8. The first-order valence-corrected chi connectivity index (χ1v) is 7.08. The number of alkyl halides is 2. The van der Waals surface area contributed by atoms with Gasteiger partial charge >= 0.3 is 6.61 Å². The summed E-state index contributed by atoms with van der Waals surface area (Å²) < 4.78 is 41.3. The molecule has 0 radical (unpaired) electrons. The summed E-state index contributed by atoms with van der Waals surface area (Å²) in [5, 5.41) is 2.73. The second-order valence-corrected chi connectivity index (χ2v) is 4.93. The quantitative estimate of drug-likeness (QED) is 0.849. The number of carbonyl (C=O) groups excluding carboxylic acids is 1. The summed E-state index contributed by atoms with van der Waals surface area (Å²) in [5.41, 5.74) is 1.49. The highest BCUT2D eigenvalue weighted by Crippen LogP contribution is 2.15. The Bertz CT molecular complexity index is 645. The Morgan fingerprint density at radius 3 is 2.48 bits per heavy atom. The van der Waals surface area contributed by atoms with Crippen LogP contribution in [0, 0.1) is 5.82 Å². The fourth-order valence-electron chi connectivity index (χ4n) is 2.08. The molecule has 0 unspecified atom stereocenters. The van der Waals surface area contributed by atoms with Crippen molar-refractivity contribution in [1.82, 2.24) is 5.32 Å². The molecule has 23 heavy (non-hydrogen) atoms. The normalized spacial score (nSPS) is 10.6. The second-order valence-electron chi connectivity index (χ2n) is 4.93. The van der Waals surface area contributed by atoms with Crippen molar-refractivity contribution in [3.8, 4) is 5.75 Å². The Morgan fingerprint density at radius 2 is 1.83 bits per heavy atom. The van der Waals surface area contributed by atoms with Gasteiger partial charge in [-0.05, 0) is 41.8 Å². The molecule has 3 nitrogen and oxygen atoms in total. The summed E-state index contributed by atoms with van der Waals surface area (Å²) in [6, 6.07) is 12.1. The first kappa shape index (κ1) is 16.9. The molecule has 2 aromatic carbocycles. The summed E-state index contributed by atoms with van der Waals surface area (Å²) >= 11 is 0. The van der Waals surface area contributed by atoms with E-state index in [9.17, 15) is 18.0 Å². The van der Waals surface area contributed by atoms with Gasteiger partial charge in [0.1, 0.15) is 11.6 Å². The molecule has 6 heteroatoms. The Kier molecular flexibility index (Phi) is 6.02. The zero-order valence-electron chi connectivity index (χ0n) is 12.3. The Hall–Kier alpha value is -2.50. The lowest BCUT2D eigenvalue weighted by Crippen LogP contribution is -2.27. The van der Waals surface area contributed by atoms with Crippen LogP contribution in [0.4, 0.5) is 13.2 Å². The average Bonchev–Trinajstić information content (AvgIpc) is 2.48. The molecule has 0 bridgehead atoms. The van der Waals surface area contributed by atoms with Gasteiger partial charge in [0.25, 0.3) is 0 Å². The summed E-state index contributed by atoms with van der Waals surface area (Å²) in [7, 11) is 0. The minimum absolute atomic E-state index is 0.0962. The molecule has 0 aromatic heterocycles. The number of benzene rings is 2. The van der Waals surface area contributed by atoms with Crippen LogP contribution < -0.4 is 10.1 Å². The number of hydrogen-bond acceptors (Lipinski definition) is 2. The van der Waals surface area contributed by atoms with E-state index in [1.54, 1.807) is 24.3 Å². The van der Waals surface area contributed by atoms with E-state index in [1.165, 1.54) is 24.3 Å². The van der Waals surface area contributed by atoms with Crippen LogP contribution in [0.5, 0.6) is 5.75 Å². The fourth-order valence-corrected chi connectivity index (χ4v) is 2.08. The van der Waals surface area contributed by atoms with Gasteiger partial charge in [0.2, 0.25) is 5.91 Å². The van der Waals surface area contributed by atoms with E-state index >= 15 is 0 Å². The minimum atomic E-state index is -2.84. The van der Waals surface area contributed by atoms with Crippen molar-refractivity contribution in [2.75, 3.05) is 6.54 Å². The fraction of sp³-hybridized carbons (Fsp3) is 0.235. The van der Waals surface area contributed by atoms with E-state index in [1.807, 2.05) is 0 Å². The molecule has 0 fully saturated rings. The molecule has 0 atom stereocenters. The van der Waals surface area contributed by atoms with Crippen LogP contribution in [-0.2, 0) is 17.6 Å². The number of amides is 1. The van der Waals surface area contributed by atoms with Gasteiger partial charge in [0.05, 0.1) is 6.42 Å². The van der Waals surface area contributed by atoms with Crippen LogP contribution in [0.25, 0.3) is 0 Å². The van der Waals surface area contributed by atoms with Gasteiger partial charge in [-0.25, -0.2) is 4.39 Å². The third-order valence-electron chi connectivity index (χ3n) is 3.14. The van der Waals surface area contributed by atoms with E-state index in [-0.39, 0.29) is 23.9 Å². The Balaban J connectivity index is 1.75. The van der Waals surface area contributed by atoms with Gasteiger partial charge < -0.3 is 10.1 Å². The van der Waals surface area contributed by atoms with Crippen molar-refractivity contribution < 1.29 is 22.7 Å². The minimum Gasteiger partial charge on any atom is -0.435 e. The Morgan fingerprint density at radius 1 is 1.09 bits per heavy atom. The van der Waals surface area contributed by atoms with Gasteiger partial charge in [-0.2, -0.15) is 8.78 Å². The highest BCUT2D eigenvalue weighted by atomic mass is 19.3. The van der Waals surface area contributed by atoms with Crippen LogP contribution in [0.15, 0.2) is 48.5 Å². The van der Waals surface area contributed by atoms with E-state index in [4.69, 9.17) is 0 Å². The highest BCUT2D eigenvalue weighted by molar-refractivity contribution is 5.78. The van der Waals surface area contributed by atoms with Gasteiger partial charge in [-0.1, -0.05) is 24.3 Å². The molecule has 0 spiro atoms. The van der Waals surface area contributed by atoms with Gasteiger partial charge in [0.15, 0.2) is 0 Å². The molecule has 1 amide bonds. The topological polar surface area (TPSA) is 38.3 Å². The second kappa shape index (κ2) is 8.22.